The van der Waals surface area contributed by atoms with Crippen LogP contribution in [0.3, 0.4) is 0 Å². The van der Waals surface area contributed by atoms with Gasteiger partial charge in [0.2, 0.25) is 0 Å². The monoisotopic (exact) mass is 414 g/mol. The molecule has 1 amide bonds. The highest BCUT2D eigenvalue weighted by Gasteiger charge is 2.11. The highest BCUT2D eigenvalue weighted by molar-refractivity contribution is 9.10. The molecule has 0 saturated heterocycles. The van der Waals surface area contributed by atoms with Gasteiger partial charge in [-0.05, 0) is 51.8 Å². The summed E-state index contributed by atoms with van der Waals surface area (Å²) in [5, 5.41) is 12.3. The van der Waals surface area contributed by atoms with Crippen molar-refractivity contribution in [2.75, 3.05) is 11.9 Å². The predicted molar refractivity (Wildman–Crippen MR) is 102 cm³/mol. The Balaban J connectivity index is 2.21. The average molecular weight is 416 g/mol. The molecule has 0 heterocycles. The lowest BCUT2D eigenvalue weighted by atomic mass is 10.1. The number of nitrogens with zero attached hydrogens (tertiary/aromatic N) is 1. The number of carbonyl (C=O) groups is 1. The molecule has 2 aromatic carbocycles. The maximum atomic E-state index is 12.3. The van der Waals surface area contributed by atoms with Crippen molar-refractivity contribution in [2.45, 2.75) is 0 Å². The molecule has 124 valence electrons. The standard InChI is InChI=1S/C19H12BrClN2O2/c1-2-9-25-18-8-7-13(11-15(18)20)10-14(12-22)19(24)23-17-6-4-3-5-16(17)21/h1,3-8,10-11H,9H2,(H,23,24)/b14-10+. The molecule has 0 aromatic heterocycles. The summed E-state index contributed by atoms with van der Waals surface area (Å²) in [5.74, 6) is 2.42. The second-order valence-electron chi connectivity index (χ2n) is 4.79. The van der Waals surface area contributed by atoms with Gasteiger partial charge < -0.3 is 10.1 Å². The van der Waals surface area contributed by atoms with E-state index in [1.165, 1.54) is 6.08 Å². The summed E-state index contributed by atoms with van der Waals surface area (Å²) >= 11 is 9.37. The largest absolute Gasteiger partial charge is 0.480 e. The Morgan fingerprint density at radius 2 is 2.12 bits per heavy atom. The van der Waals surface area contributed by atoms with Crippen molar-refractivity contribution < 1.29 is 9.53 Å². The fourth-order valence-electron chi connectivity index (χ4n) is 1.91. The number of para-hydroxylation sites is 1. The van der Waals surface area contributed by atoms with Gasteiger partial charge in [0.05, 0.1) is 15.2 Å². The minimum atomic E-state index is -0.542. The fourth-order valence-corrected chi connectivity index (χ4v) is 2.60. The number of ether oxygens (including phenoxy) is 1. The molecule has 1 N–H and O–H groups in total. The van der Waals surface area contributed by atoms with Gasteiger partial charge in [0.15, 0.2) is 0 Å². The van der Waals surface area contributed by atoms with E-state index in [2.05, 4.69) is 27.2 Å². The van der Waals surface area contributed by atoms with Crippen molar-refractivity contribution in [1.29, 1.82) is 5.26 Å². The van der Waals surface area contributed by atoms with Crippen LogP contribution in [0, 0.1) is 23.7 Å². The van der Waals surface area contributed by atoms with Crippen molar-refractivity contribution in [2.24, 2.45) is 0 Å². The first-order chi connectivity index (χ1) is 12.0. The van der Waals surface area contributed by atoms with Gasteiger partial charge in [-0.1, -0.05) is 35.7 Å². The Morgan fingerprint density at radius 1 is 1.36 bits per heavy atom. The number of halogens is 2. The van der Waals surface area contributed by atoms with Crippen LogP contribution in [0.4, 0.5) is 5.69 Å². The van der Waals surface area contributed by atoms with E-state index in [0.717, 1.165) is 0 Å². The second kappa shape index (κ2) is 8.94. The lowest BCUT2D eigenvalue weighted by Gasteiger charge is -2.07. The molecular weight excluding hydrogens is 404 g/mol. The van der Waals surface area contributed by atoms with Gasteiger partial charge in [-0.3, -0.25) is 4.79 Å². The van der Waals surface area contributed by atoms with Crippen LogP contribution in [0.1, 0.15) is 5.56 Å². The first-order valence-corrected chi connectivity index (χ1v) is 8.25. The second-order valence-corrected chi connectivity index (χ2v) is 6.05. The Bertz CT molecular complexity index is 910. The zero-order chi connectivity index (χ0) is 18.2. The fraction of sp³-hybridized carbons (Fsp3) is 0.0526. The number of benzene rings is 2. The molecule has 4 nitrogen and oxygen atoms in total. The van der Waals surface area contributed by atoms with Crippen molar-refractivity contribution in [1.82, 2.24) is 0 Å². The minimum absolute atomic E-state index is 0.0517. The van der Waals surface area contributed by atoms with Gasteiger partial charge in [0.1, 0.15) is 24.0 Å². The van der Waals surface area contributed by atoms with Gasteiger partial charge in [-0.25, -0.2) is 0 Å². The number of nitrogens with one attached hydrogen (secondary N) is 1. The first-order valence-electron chi connectivity index (χ1n) is 7.08. The van der Waals surface area contributed by atoms with E-state index >= 15 is 0 Å². The topological polar surface area (TPSA) is 62.1 Å². The Labute approximate surface area is 159 Å². The summed E-state index contributed by atoms with van der Waals surface area (Å²) in [7, 11) is 0. The number of carbonyl (C=O) groups excluding carboxylic acids is 1. The zero-order valence-electron chi connectivity index (χ0n) is 12.9. The van der Waals surface area contributed by atoms with Crippen LogP contribution in [-0.2, 0) is 4.79 Å². The predicted octanol–water partition coefficient (Wildman–Crippen LogP) is 4.66. The van der Waals surface area contributed by atoms with Crippen LogP contribution in [-0.4, -0.2) is 12.5 Å². The number of nitriles is 1. The highest BCUT2D eigenvalue weighted by atomic mass is 79.9. The van der Waals surface area contributed by atoms with Crippen LogP contribution >= 0.6 is 27.5 Å². The number of hydrogen-bond acceptors (Lipinski definition) is 3. The molecule has 0 saturated carbocycles. The maximum Gasteiger partial charge on any atom is 0.266 e. The van der Waals surface area contributed by atoms with Gasteiger partial charge in [0.25, 0.3) is 5.91 Å². The van der Waals surface area contributed by atoms with Crippen LogP contribution in [0.25, 0.3) is 6.08 Å². The summed E-state index contributed by atoms with van der Waals surface area (Å²) in [6.07, 6.45) is 6.63. The third kappa shape index (κ3) is 5.12. The lowest BCUT2D eigenvalue weighted by molar-refractivity contribution is -0.112. The molecule has 2 aromatic rings. The molecule has 0 radical (unpaired) electrons. The highest BCUT2D eigenvalue weighted by Crippen LogP contribution is 2.27. The van der Waals surface area contributed by atoms with Crippen LogP contribution < -0.4 is 10.1 Å². The Morgan fingerprint density at radius 3 is 2.76 bits per heavy atom. The molecule has 0 aliphatic heterocycles. The van der Waals surface area contributed by atoms with Gasteiger partial charge in [0, 0.05) is 0 Å². The molecule has 0 bridgehead atoms. The van der Waals surface area contributed by atoms with Gasteiger partial charge >= 0.3 is 0 Å². The van der Waals surface area contributed by atoms with Gasteiger partial charge in [-0.15, -0.1) is 6.42 Å². The van der Waals surface area contributed by atoms with E-state index in [0.29, 0.717) is 26.5 Å². The van der Waals surface area contributed by atoms with E-state index in [9.17, 15) is 10.1 Å². The van der Waals surface area contributed by atoms with Crippen LogP contribution in [0.15, 0.2) is 52.5 Å². The summed E-state index contributed by atoms with van der Waals surface area (Å²) in [4.78, 5) is 12.3. The summed E-state index contributed by atoms with van der Waals surface area (Å²) in [6, 6.07) is 13.8. The molecule has 6 heteroatoms. The number of terminal acetylenes is 1. The Kier molecular flexibility index (Phi) is 6.65. The number of hydrogen-bond donors (Lipinski definition) is 1. The van der Waals surface area contributed by atoms with Crippen molar-refractivity contribution in [3.63, 3.8) is 0 Å². The summed E-state index contributed by atoms with van der Waals surface area (Å²) in [5.41, 5.74) is 1.05. The van der Waals surface area contributed by atoms with E-state index in [4.69, 9.17) is 22.8 Å². The van der Waals surface area contributed by atoms with Crippen molar-refractivity contribution in [3.05, 3.63) is 63.1 Å². The molecule has 0 aliphatic rings. The van der Waals surface area contributed by atoms with E-state index < -0.39 is 5.91 Å². The van der Waals surface area contributed by atoms with E-state index in [1.54, 1.807) is 42.5 Å². The van der Waals surface area contributed by atoms with E-state index in [-0.39, 0.29) is 12.2 Å². The van der Waals surface area contributed by atoms with Crippen molar-refractivity contribution in [3.8, 4) is 24.2 Å². The molecular formula is C19H12BrClN2O2. The maximum absolute atomic E-state index is 12.3. The summed E-state index contributed by atoms with van der Waals surface area (Å²) < 4.78 is 6.02. The summed E-state index contributed by atoms with van der Waals surface area (Å²) in [6.45, 7) is 0.150. The minimum Gasteiger partial charge on any atom is -0.480 e. The average Bonchev–Trinajstić information content (AvgIpc) is 2.60. The van der Waals surface area contributed by atoms with Crippen LogP contribution in [0.5, 0.6) is 5.75 Å². The smallest absolute Gasteiger partial charge is 0.266 e. The molecule has 0 aliphatic carbocycles. The number of anilines is 1. The third-order valence-electron chi connectivity index (χ3n) is 3.07. The molecule has 0 fully saturated rings. The first kappa shape index (κ1) is 18.6. The molecule has 0 atom stereocenters. The Hall–Kier alpha value is -2.73. The zero-order valence-corrected chi connectivity index (χ0v) is 15.3. The third-order valence-corrected chi connectivity index (χ3v) is 4.01. The molecule has 25 heavy (non-hydrogen) atoms. The lowest BCUT2D eigenvalue weighted by Crippen LogP contribution is -2.13. The van der Waals surface area contributed by atoms with Crippen LogP contribution in [0.2, 0.25) is 5.02 Å². The SMILES string of the molecule is C#CCOc1ccc(/C=C(\C#N)C(=O)Nc2ccccc2Cl)cc1Br. The number of amides is 1. The molecule has 0 unspecified atom stereocenters. The van der Waals surface area contributed by atoms with E-state index in [1.807, 2.05) is 6.07 Å². The van der Waals surface area contributed by atoms with Crippen molar-refractivity contribution >= 4 is 45.2 Å². The molecule has 2 rings (SSSR count). The number of rotatable bonds is 5. The molecule has 0 spiro atoms. The van der Waals surface area contributed by atoms with Gasteiger partial charge in [-0.2, -0.15) is 5.26 Å². The quantitative estimate of drug-likeness (QED) is 0.439. The normalized spacial score (nSPS) is 10.5.